The summed E-state index contributed by atoms with van der Waals surface area (Å²) in [5.74, 6) is 0.855. The number of hydrogen-bond donors (Lipinski definition) is 0. The fourth-order valence-electron chi connectivity index (χ4n) is 2.90. The zero-order chi connectivity index (χ0) is 17.4. The van der Waals surface area contributed by atoms with Crippen LogP contribution in [0.2, 0.25) is 15.1 Å². The Kier molecular flexibility index (Phi) is 4.43. The normalized spacial score (nSPS) is 11.2. The third-order valence-electron chi connectivity index (χ3n) is 4.13. The van der Waals surface area contributed by atoms with Gasteiger partial charge in [0.15, 0.2) is 0 Å². The Morgan fingerprint density at radius 3 is 2.16 bits per heavy atom. The van der Waals surface area contributed by atoms with Gasteiger partial charge in [0.05, 0.1) is 17.6 Å². The topological polar surface area (TPSA) is 17.8 Å². The van der Waals surface area contributed by atoms with Crippen LogP contribution in [0.25, 0.3) is 22.4 Å². The summed E-state index contributed by atoms with van der Waals surface area (Å²) >= 11 is 18.8. The molecule has 2 nitrogen and oxygen atoms in total. The van der Waals surface area contributed by atoms with E-state index in [0.29, 0.717) is 21.6 Å². The summed E-state index contributed by atoms with van der Waals surface area (Å²) in [5, 5.41) is 1.99. The highest BCUT2D eigenvalue weighted by Crippen LogP contribution is 2.31. The maximum Gasteiger partial charge on any atom is 0.141 e. The Labute approximate surface area is 160 Å². The van der Waals surface area contributed by atoms with Crippen molar-refractivity contribution in [3.8, 4) is 11.4 Å². The van der Waals surface area contributed by atoms with E-state index in [1.165, 1.54) is 0 Å². The second kappa shape index (κ2) is 6.72. The number of fused-ring (bicyclic) bond motifs is 1. The minimum Gasteiger partial charge on any atom is -0.319 e. The summed E-state index contributed by atoms with van der Waals surface area (Å²) in [5.41, 5.74) is 3.83. The number of aromatic nitrogens is 2. The van der Waals surface area contributed by atoms with Gasteiger partial charge in [-0.3, -0.25) is 0 Å². The van der Waals surface area contributed by atoms with E-state index in [2.05, 4.69) is 4.57 Å². The first-order valence-corrected chi connectivity index (χ1v) is 8.91. The molecule has 0 atom stereocenters. The van der Waals surface area contributed by atoms with Gasteiger partial charge in [0.25, 0.3) is 0 Å². The molecule has 4 aromatic rings. The first-order chi connectivity index (χ1) is 12.1. The zero-order valence-corrected chi connectivity index (χ0v) is 15.4. The third kappa shape index (κ3) is 3.13. The number of hydrogen-bond acceptors (Lipinski definition) is 1. The van der Waals surface area contributed by atoms with E-state index in [1.807, 2.05) is 66.7 Å². The summed E-state index contributed by atoms with van der Waals surface area (Å²) in [6.45, 7) is 0.539. The highest BCUT2D eigenvalue weighted by atomic mass is 35.5. The Balaban J connectivity index is 1.92. The van der Waals surface area contributed by atoms with Crippen LogP contribution in [0, 0.1) is 0 Å². The van der Waals surface area contributed by atoms with E-state index >= 15 is 0 Å². The molecular formula is C20H13Cl3N2. The number of imidazole rings is 1. The molecule has 0 spiro atoms. The minimum atomic E-state index is 0.539. The Bertz CT molecular complexity index is 1030. The molecule has 5 heteroatoms. The molecule has 1 heterocycles. The van der Waals surface area contributed by atoms with Gasteiger partial charge in [-0.2, -0.15) is 0 Å². The molecule has 0 aliphatic rings. The van der Waals surface area contributed by atoms with Crippen molar-refractivity contribution >= 4 is 45.8 Å². The lowest BCUT2D eigenvalue weighted by Crippen LogP contribution is -2.03. The molecule has 124 valence electrons. The standard InChI is InChI=1S/C20H13Cl3N2/c21-14-10-8-13(9-11-14)20-24-18-6-1-2-7-19(18)25(20)12-15-16(22)4-3-5-17(15)23/h1-11H,12H2. The average Bonchev–Trinajstić information content (AvgIpc) is 2.97. The van der Waals surface area contributed by atoms with E-state index in [-0.39, 0.29) is 0 Å². The van der Waals surface area contributed by atoms with E-state index < -0.39 is 0 Å². The second-order valence-electron chi connectivity index (χ2n) is 5.72. The lowest BCUT2D eigenvalue weighted by molar-refractivity contribution is 0.835. The Hall–Kier alpha value is -2.00. The van der Waals surface area contributed by atoms with Crippen LogP contribution in [-0.4, -0.2) is 9.55 Å². The summed E-state index contributed by atoms with van der Waals surface area (Å²) in [7, 11) is 0. The minimum absolute atomic E-state index is 0.539. The predicted octanol–water partition coefficient (Wildman–Crippen LogP) is 6.71. The molecule has 0 fully saturated rings. The maximum absolute atomic E-state index is 6.38. The van der Waals surface area contributed by atoms with Crippen LogP contribution in [0.3, 0.4) is 0 Å². The van der Waals surface area contributed by atoms with Gasteiger partial charge in [-0.1, -0.05) is 53.0 Å². The zero-order valence-electron chi connectivity index (χ0n) is 13.1. The van der Waals surface area contributed by atoms with Crippen LogP contribution in [0.4, 0.5) is 0 Å². The number of halogens is 3. The first-order valence-electron chi connectivity index (χ1n) is 7.77. The van der Waals surface area contributed by atoms with Crippen molar-refractivity contribution in [2.24, 2.45) is 0 Å². The van der Waals surface area contributed by atoms with E-state index in [1.54, 1.807) is 0 Å². The monoisotopic (exact) mass is 386 g/mol. The van der Waals surface area contributed by atoms with Crippen molar-refractivity contribution in [1.29, 1.82) is 0 Å². The highest BCUT2D eigenvalue weighted by molar-refractivity contribution is 6.36. The van der Waals surface area contributed by atoms with Crippen molar-refractivity contribution in [3.63, 3.8) is 0 Å². The number of para-hydroxylation sites is 2. The van der Waals surface area contributed by atoms with Crippen molar-refractivity contribution in [2.75, 3.05) is 0 Å². The largest absolute Gasteiger partial charge is 0.319 e. The molecule has 0 amide bonds. The molecule has 0 saturated heterocycles. The molecule has 0 N–H and O–H groups in total. The molecule has 3 aromatic carbocycles. The number of nitrogens with zero attached hydrogens (tertiary/aromatic N) is 2. The summed E-state index contributed by atoms with van der Waals surface area (Å²) in [6.07, 6.45) is 0. The Morgan fingerprint density at radius 1 is 0.760 bits per heavy atom. The van der Waals surface area contributed by atoms with Crippen LogP contribution in [0.5, 0.6) is 0 Å². The maximum atomic E-state index is 6.38. The van der Waals surface area contributed by atoms with Gasteiger partial charge < -0.3 is 4.57 Å². The quantitative estimate of drug-likeness (QED) is 0.382. The van der Waals surface area contributed by atoms with Gasteiger partial charge >= 0.3 is 0 Å². The molecule has 0 aliphatic heterocycles. The van der Waals surface area contributed by atoms with Crippen molar-refractivity contribution in [3.05, 3.63) is 87.4 Å². The first kappa shape index (κ1) is 16.5. The van der Waals surface area contributed by atoms with Gasteiger partial charge in [-0.25, -0.2) is 4.98 Å². The van der Waals surface area contributed by atoms with Crippen molar-refractivity contribution < 1.29 is 0 Å². The van der Waals surface area contributed by atoms with Gasteiger partial charge in [0.2, 0.25) is 0 Å². The SMILES string of the molecule is Clc1ccc(-c2nc3ccccc3n2Cc2c(Cl)cccc2Cl)cc1. The smallest absolute Gasteiger partial charge is 0.141 e. The fraction of sp³-hybridized carbons (Fsp3) is 0.0500. The molecule has 1 aromatic heterocycles. The molecular weight excluding hydrogens is 375 g/mol. The van der Waals surface area contributed by atoms with Crippen molar-refractivity contribution in [2.45, 2.75) is 6.54 Å². The highest BCUT2D eigenvalue weighted by Gasteiger charge is 2.15. The molecule has 0 saturated carbocycles. The number of benzene rings is 3. The van der Waals surface area contributed by atoms with Crippen LogP contribution in [0.15, 0.2) is 66.7 Å². The molecule has 25 heavy (non-hydrogen) atoms. The van der Waals surface area contributed by atoms with E-state index in [9.17, 15) is 0 Å². The van der Waals surface area contributed by atoms with Crippen LogP contribution >= 0.6 is 34.8 Å². The predicted molar refractivity (Wildman–Crippen MR) is 106 cm³/mol. The summed E-state index contributed by atoms with van der Waals surface area (Å²) < 4.78 is 2.13. The van der Waals surface area contributed by atoms with Crippen LogP contribution in [-0.2, 0) is 6.54 Å². The molecule has 0 radical (unpaired) electrons. The summed E-state index contributed by atoms with van der Waals surface area (Å²) in [6, 6.07) is 21.2. The van der Waals surface area contributed by atoms with Crippen LogP contribution < -0.4 is 0 Å². The number of rotatable bonds is 3. The van der Waals surface area contributed by atoms with E-state index in [4.69, 9.17) is 39.8 Å². The lowest BCUT2D eigenvalue weighted by atomic mass is 10.2. The van der Waals surface area contributed by atoms with Crippen molar-refractivity contribution in [1.82, 2.24) is 9.55 Å². The van der Waals surface area contributed by atoms with E-state index in [0.717, 1.165) is 28.0 Å². The summed E-state index contributed by atoms with van der Waals surface area (Å²) in [4.78, 5) is 4.80. The molecule has 0 bridgehead atoms. The third-order valence-corrected chi connectivity index (χ3v) is 5.10. The van der Waals surface area contributed by atoms with Gasteiger partial charge in [-0.05, 0) is 48.5 Å². The fourth-order valence-corrected chi connectivity index (χ4v) is 3.54. The van der Waals surface area contributed by atoms with Gasteiger partial charge in [0.1, 0.15) is 5.82 Å². The molecule has 4 rings (SSSR count). The average molecular weight is 388 g/mol. The molecule has 0 unspecified atom stereocenters. The Morgan fingerprint density at radius 2 is 1.44 bits per heavy atom. The lowest BCUT2D eigenvalue weighted by Gasteiger charge is -2.12. The van der Waals surface area contributed by atoms with Gasteiger partial charge in [-0.15, -0.1) is 0 Å². The molecule has 0 aliphatic carbocycles. The second-order valence-corrected chi connectivity index (χ2v) is 6.97. The van der Waals surface area contributed by atoms with Gasteiger partial charge in [0, 0.05) is 26.2 Å². The van der Waals surface area contributed by atoms with Crippen LogP contribution in [0.1, 0.15) is 5.56 Å².